The van der Waals surface area contributed by atoms with E-state index in [1.54, 1.807) is 0 Å². The molecular formula is C88H98N8O4+4. The van der Waals surface area contributed by atoms with Crippen molar-refractivity contribution in [3.8, 4) is 79.4 Å². The van der Waals surface area contributed by atoms with Gasteiger partial charge in [-0.1, -0.05) is 123 Å². The van der Waals surface area contributed by atoms with Crippen molar-refractivity contribution in [2.45, 2.75) is 126 Å². The van der Waals surface area contributed by atoms with Crippen LogP contribution in [0.15, 0.2) is 194 Å². The SMILES string of the molecule is C.C.C.Cc1cc(C)c(C)c(-c2ccc3ncoc3[n+]2C)c1.Cc1cc(C)c(C)c(-c2ccc3oc(-c4c(C)cccc4C)nc3[n+]2C)c1.Cc1cc(C)c(C)c(-c2ccc3oc(-c4ccccc4)nc3[n+]2C)c1.Cc1ccc(-c2nc3c(ccc(-c4cc(C)cc(C)c4C)[n+]3C)o2)cc1. The average molecular weight is 1330 g/mol. The number of aromatic nitrogens is 8. The maximum Gasteiger partial charge on any atom is 0.401 e. The maximum atomic E-state index is 6.13. The van der Waals surface area contributed by atoms with Gasteiger partial charge in [0.1, 0.15) is 24.1 Å². The zero-order valence-electron chi connectivity index (χ0n) is 59.5. The van der Waals surface area contributed by atoms with Gasteiger partial charge in [-0.3, -0.25) is 0 Å². The van der Waals surface area contributed by atoms with E-state index in [1.165, 1.54) is 112 Å². The predicted octanol–water partition coefficient (Wildman–Crippen LogP) is 20.8. The summed E-state index contributed by atoms with van der Waals surface area (Å²) in [6, 6.07) is 58.9. The molecule has 7 aromatic carbocycles. The molecule has 0 N–H and O–H groups in total. The minimum atomic E-state index is 0. The Morgan fingerprint density at radius 2 is 0.640 bits per heavy atom. The number of hydrogen-bond acceptors (Lipinski definition) is 8. The summed E-state index contributed by atoms with van der Waals surface area (Å²) in [6.07, 6.45) is 1.49. The molecule has 15 rings (SSSR count). The van der Waals surface area contributed by atoms with E-state index in [4.69, 9.17) is 32.6 Å². The lowest BCUT2D eigenvalue weighted by Crippen LogP contribution is -2.32. The summed E-state index contributed by atoms with van der Waals surface area (Å²) < 4.78 is 32.0. The van der Waals surface area contributed by atoms with Crippen LogP contribution in [0.1, 0.15) is 106 Å². The zero-order chi connectivity index (χ0) is 68.8. The van der Waals surface area contributed by atoms with Crippen molar-refractivity contribution in [1.29, 1.82) is 0 Å². The molecule has 8 aromatic heterocycles. The molecule has 0 fully saturated rings. The molecule has 0 aliphatic heterocycles. The second-order valence-electron chi connectivity index (χ2n) is 26.3. The number of oxazole rings is 4. The Bertz CT molecular complexity index is 5490. The van der Waals surface area contributed by atoms with Gasteiger partial charge in [-0.15, -0.1) is 0 Å². The Labute approximate surface area is 591 Å². The molecule has 0 bridgehead atoms. The lowest BCUT2D eigenvalue weighted by Gasteiger charge is -2.10. The van der Waals surface area contributed by atoms with Crippen molar-refractivity contribution in [3.63, 3.8) is 0 Å². The Balaban J connectivity index is 0.000000155. The van der Waals surface area contributed by atoms with Crippen LogP contribution in [0.3, 0.4) is 0 Å². The monoisotopic (exact) mass is 1330 g/mol. The van der Waals surface area contributed by atoms with Crippen molar-refractivity contribution in [3.05, 3.63) is 260 Å². The first-order chi connectivity index (χ1) is 46.4. The summed E-state index contributed by atoms with van der Waals surface area (Å²) >= 11 is 0. The van der Waals surface area contributed by atoms with Gasteiger partial charge in [0, 0.05) is 43.3 Å². The Kier molecular flexibility index (Phi) is 22.0. The number of hydrogen-bond donors (Lipinski definition) is 0. The summed E-state index contributed by atoms with van der Waals surface area (Å²) in [6.45, 7) is 32.2. The van der Waals surface area contributed by atoms with Gasteiger partial charge < -0.3 is 17.7 Å². The molecule has 0 amide bonds. The van der Waals surface area contributed by atoms with Gasteiger partial charge in [-0.25, -0.2) is 18.7 Å². The first-order valence-electron chi connectivity index (χ1n) is 33.1. The molecule has 100 heavy (non-hydrogen) atoms. The quantitative estimate of drug-likeness (QED) is 0.145. The van der Waals surface area contributed by atoms with Crippen LogP contribution in [0.2, 0.25) is 0 Å². The first kappa shape index (κ1) is 73.3. The van der Waals surface area contributed by atoms with Crippen molar-refractivity contribution < 1.29 is 35.9 Å². The topological polar surface area (TPSA) is 120 Å². The minimum Gasteiger partial charge on any atom is -0.411 e. The fraction of sp³-hybridized carbons (Fsp3) is 0.250. The summed E-state index contributed by atoms with van der Waals surface area (Å²) in [5, 5.41) is 0. The molecular weight excluding hydrogens is 1230 g/mol. The molecule has 0 aliphatic rings. The van der Waals surface area contributed by atoms with Crippen LogP contribution >= 0.6 is 0 Å². The fourth-order valence-electron chi connectivity index (χ4n) is 13.2. The van der Waals surface area contributed by atoms with E-state index in [2.05, 4.69) is 256 Å². The normalized spacial score (nSPS) is 10.9. The van der Waals surface area contributed by atoms with Gasteiger partial charge in [0.05, 0.1) is 37.8 Å². The molecule has 0 radical (unpaired) electrons. The number of pyridine rings is 4. The highest BCUT2D eigenvalue weighted by molar-refractivity contribution is 5.78. The standard InChI is InChI=1S/C24H25N2O.C23H23N2O.C22H21N2O.C16H17N2O.3CH4/c1-14-12-17(4)18(5)19(13-14)20-10-11-21-23(26(20)6)25-24(27-21)22-15(2)8-7-9-16(22)3;1-14-6-8-18(9-7-14)23-24-22-21(26-23)11-10-20(25(22)5)19-13-15(2)12-16(3)17(19)4;1-14-12-15(2)16(3)18(13-14)19-10-11-20-21(24(19)4)23-22(25-20)17-8-6-5-7-9-17;1-10-7-11(2)12(3)13(8-10)15-6-5-14-16(18(15)4)19-9-17-14;;;/h7-13H,1-6H3;6-13H,1-5H3;5-13H,1-4H3;5-9H,1-4H3;3*1H4/q4*+1;;;. The summed E-state index contributed by atoms with van der Waals surface area (Å²) in [5.41, 5.74) is 38.4. The highest BCUT2D eigenvalue weighted by Crippen LogP contribution is 2.34. The molecule has 0 saturated carbocycles. The molecule has 12 heteroatoms. The molecule has 0 atom stereocenters. The third kappa shape index (κ3) is 14.5. The molecule has 0 saturated heterocycles. The largest absolute Gasteiger partial charge is 0.411 e. The molecule has 0 spiro atoms. The van der Waals surface area contributed by atoms with Crippen LogP contribution in [0, 0.1) is 104 Å². The third-order valence-corrected chi connectivity index (χ3v) is 19.1. The Morgan fingerprint density at radius 3 is 1.03 bits per heavy atom. The second-order valence-corrected chi connectivity index (χ2v) is 26.3. The van der Waals surface area contributed by atoms with Crippen LogP contribution in [0.25, 0.3) is 124 Å². The molecule has 12 nitrogen and oxygen atoms in total. The van der Waals surface area contributed by atoms with Crippen molar-refractivity contribution in [2.24, 2.45) is 28.2 Å². The van der Waals surface area contributed by atoms with Gasteiger partial charge in [-0.2, -0.15) is 4.57 Å². The fourth-order valence-corrected chi connectivity index (χ4v) is 13.2. The lowest BCUT2D eigenvalue weighted by molar-refractivity contribution is -0.640. The molecule has 8 heterocycles. The van der Waals surface area contributed by atoms with E-state index in [9.17, 15) is 0 Å². The highest BCUT2D eigenvalue weighted by atomic mass is 16.4. The summed E-state index contributed by atoms with van der Waals surface area (Å²) in [4.78, 5) is 18.6. The van der Waals surface area contributed by atoms with Crippen LogP contribution in [0.5, 0.6) is 0 Å². The van der Waals surface area contributed by atoms with Crippen LogP contribution < -0.4 is 18.3 Å². The van der Waals surface area contributed by atoms with Crippen molar-refractivity contribution in [2.75, 3.05) is 0 Å². The van der Waals surface area contributed by atoms with Crippen LogP contribution in [-0.4, -0.2) is 19.9 Å². The van der Waals surface area contributed by atoms with E-state index >= 15 is 0 Å². The number of rotatable bonds is 7. The van der Waals surface area contributed by atoms with Crippen LogP contribution in [0.4, 0.5) is 0 Å². The number of fused-ring (bicyclic) bond motifs is 4. The first-order valence-corrected chi connectivity index (χ1v) is 33.1. The number of aryl methyl sites for hydroxylation is 15. The van der Waals surface area contributed by atoms with E-state index < -0.39 is 0 Å². The van der Waals surface area contributed by atoms with Gasteiger partial charge in [0.25, 0.3) is 0 Å². The van der Waals surface area contributed by atoms with E-state index in [0.29, 0.717) is 17.7 Å². The highest BCUT2D eigenvalue weighted by Gasteiger charge is 2.28. The third-order valence-electron chi connectivity index (χ3n) is 19.1. The minimum absolute atomic E-state index is 0. The second kappa shape index (κ2) is 30.0. The lowest BCUT2D eigenvalue weighted by atomic mass is 9.97. The number of nitrogens with zero attached hydrogens (tertiary/aromatic N) is 8. The molecule has 510 valence electrons. The predicted molar refractivity (Wildman–Crippen MR) is 410 cm³/mol. The Morgan fingerprint density at radius 1 is 0.300 bits per heavy atom. The maximum absolute atomic E-state index is 6.13. The summed E-state index contributed by atoms with van der Waals surface area (Å²) in [7, 11) is 8.17. The van der Waals surface area contributed by atoms with Crippen molar-refractivity contribution in [1.82, 2.24) is 19.9 Å². The number of benzene rings is 7. The molecule has 0 unspecified atom stereocenters. The average Bonchev–Trinajstić information content (AvgIpc) is 1.56. The summed E-state index contributed by atoms with van der Waals surface area (Å²) in [5.74, 6) is 2.00. The van der Waals surface area contributed by atoms with Gasteiger partial charge >= 0.3 is 40.3 Å². The zero-order valence-corrected chi connectivity index (χ0v) is 59.5. The molecule has 0 aliphatic carbocycles. The smallest absolute Gasteiger partial charge is 0.401 e. The van der Waals surface area contributed by atoms with Gasteiger partial charge in [0.2, 0.25) is 22.4 Å². The van der Waals surface area contributed by atoms with E-state index in [-0.39, 0.29) is 22.3 Å². The van der Waals surface area contributed by atoms with Crippen molar-refractivity contribution >= 4 is 44.9 Å². The van der Waals surface area contributed by atoms with Gasteiger partial charge in [0.15, 0.2) is 11.9 Å². The molecule has 15 aromatic rings. The van der Waals surface area contributed by atoms with E-state index in [1.807, 2.05) is 68.7 Å². The van der Waals surface area contributed by atoms with E-state index in [0.717, 1.165) is 84.4 Å². The van der Waals surface area contributed by atoms with Crippen LogP contribution in [-0.2, 0) is 28.2 Å². The Hall–Kier alpha value is -11.0. The van der Waals surface area contributed by atoms with Gasteiger partial charge in [-0.05, 0) is 250 Å².